The minimum atomic E-state index is -1.44. The quantitative estimate of drug-likeness (QED) is 0.0513. The van der Waals surface area contributed by atoms with Gasteiger partial charge in [0.05, 0.1) is 13.2 Å². The molecule has 3 aromatic rings. The predicted octanol–water partition coefficient (Wildman–Crippen LogP) is 3.32. The lowest BCUT2D eigenvalue weighted by atomic mass is 10.1. The van der Waals surface area contributed by atoms with Crippen LogP contribution in [0.15, 0.2) is 85.5 Å². The molecule has 3 aliphatic rings. The summed E-state index contributed by atoms with van der Waals surface area (Å²) in [6.07, 6.45) is 0.638. The fourth-order valence-electron chi connectivity index (χ4n) is 10.1. The number of Topliss-reactive ketones (excluding diaryl/α,β-unsaturated/α-hetero) is 2. The number of ketones is 3. The summed E-state index contributed by atoms with van der Waals surface area (Å²) < 4.78 is 10.4. The van der Waals surface area contributed by atoms with Gasteiger partial charge >= 0.3 is 12.2 Å². The molecule has 3 fully saturated rings. The summed E-state index contributed by atoms with van der Waals surface area (Å²) in [6, 6.07) is 23.4. The molecule has 528 valence electrons. The highest BCUT2D eigenvalue weighted by molar-refractivity contribution is 5.92. The fourth-order valence-corrected chi connectivity index (χ4v) is 10.1. The van der Waals surface area contributed by atoms with Crippen molar-refractivity contribution in [2.45, 2.75) is 162 Å². The Balaban J connectivity index is 0.000000308. The van der Waals surface area contributed by atoms with Crippen molar-refractivity contribution < 1.29 is 82.6 Å². The molecule has 0 spiro atoms. The number of ether oxygens (including phenoxy) is 2. The first-order valence-corrected chi connectivity index (χ1v) is 32.8. The Morgan fingerprint density at radius 1 is 0.417 bits per heavy atom. The molecule has 2 atom stereocenters. The van der Waals surface area contributed by atoms with Crippen molar-refractivity contribution in [3.05, 3.63) is 119 Å². The van der Waals surface area contributed by atoms with Gasteiger partial charge in [0.15, 0.2) is 17.3 Å². The van der Waals surface area contributed by atoms with Crippen molar-refractivity contribution in [1.29, 1.82) is 0 Å². The number of hydrogen-bond donors (Lipinski definition) is 7. The van der Waals surface area contributed by atoms with Crippen LogP contribution in [-0.2, 0) is 91.5 Å². The molecule has 2 unspecified atom stereocenters. The zero-order valence-electron chi connectivity index (χ0n) is 56.7. The molecule has 26 heteroatoms. The number of aliphatic hydroxyl groups excluding tert-OH is 4. The van der Waals surface area contributed by atoms with Crippen molar-refractivity contribution in [3.63, 3.8) is 0 Å². The first-order valence-electron chi connectivity index (χ1n) is 32.8. The van der Waals surface area contributed by atoms with Crippen molar-refractivity contribution >= 4 is 65.0 Å². The van der Waals surface area contributed by atoms with Gasteiger partial charge in [-0.05, 0) is 100 Å². The number of nitrogens with one attached hydrogen (secondary N) is 2. The largest absolute Gasteiger partial charge is 0.444 e. The number of alkyl carbamates (subject to hydrolysis) is 2. The molecule has 0 aliphatic carbocycles. The number of carbonyl (C=O) groups is 11. The number of hydrogen-bond acceptors (Lipinski definition) is 18. The Bertz CT molecular complexity index is 3030. The average molecular weight is 1340 g/mol. The number of rotatable bonds is 28. The zero-order chi connectivity index (χ0) is 71.0. The Morgan fingerprint density at radius 2 is 0.656 bits per heavy atom. The van der Waals surface area contributed by atoms with Crippen LogP contribution in [0.1, 0.15) is 133 Å². The van der Waals surface area contributed by atoms with Gasteiger partial charge in [-0.1, -0.05) is 79.4 Å². The third kappa shape index (κ3) is 30.5. The standard InChI is InChI=1S/C25H37N3O7.C25H35N3O5.C20H29N3O5/c1-25(2,3)35-24(34)26-16-19-6-4-18(5-7-19)8-10-22(32)27-12-14-28(15-13-27)23(33)11-9-20(30)21(31)17-29;1-5-21(29)11-13-23(31)28-16-14-27(15-17-28)22(30)12-10-19-6-8-20(9-7-19)18-26-24(32)33-25(2,3)4;21-13-16-3-1-15(2-4-16)5-7-19(27)22-9-11-23(12-10-22)20(28)8-6-17(25)18(26)14-24/h4-7,21,29,31H,8-17H2,1-3H3,(H,26,34);5-9H,1,10-18H2,2-4H3,(H,26,32);1-4,18,24,26H,5-14,21H2. The minimum absolute atomic E-state index is 0.00261. The molecular formula is C70H101N9O17. The van der Waals surface area contributed by atoms with Crippen LogP contribution >= 0.6 is 0 Å². The molecule has 0 saturated carbocycles. The third-order valence-corrected chi connectivity index (χ3v) is 15.9. The monoisotopic (exact) mass is 1340 g/mol. The van der Waals surface area contributed by atoms with Gasteiger partial charge in [-0.15, -0.1) is 0 Å². The number of nitrogens with zero attached hydrogens (tertiary/aromatic N) is 6. The fraction of sp³-hybridized carbons (Fsp3) is 0.557. The molecule has 6 rings (SSSR count). The first kappa shape index (κ1) is 80.0. The van der Waals surface area contributed by atoms with Crippen molar-refractivity contribution in [2.24, 2.45) is 5.73 Å². The van der Waals surface area contributed by atoms with E-state index in [2.05, 4.69) is 17.2 Å². The van der Waals surface area contributed by atoms with Crippen LogP contribution in [0.5, 0.6) is 0 Å². The topological polar surface area (TPSA) is 357 Å². The van der Waals surface area contributed by atoms with Crippen LogP contribution in [0.2, 0.25) is 0 Å². The normalized spacial score (nSPS) is 14.7. The van der Waals surface area contributed by atoms with Crippen LogP contribution in [0.3, 0.4) is 0 Å². The minimum Gasteiger partial charge on any atom is -0.444 e. The molecule has 3 heterocycles. The lowest BCUT2D eigenvalue weighted by Gasteiger charge is -2.35. The summed E-state index contributed by atoms with van der Waals surface area (Å²) in [5.74, 6) is -1.50. The molecular weight excluding hydrogens is 1240 g/mol. The van der Waals surface area contributed by atoms with E-state index in [9.17, 15) is 63.0 Å². The average Bonchev–Trinajstić information content (AvgIpc) is 1.49. The highest BCUT2D eigenvalue weighted by Crippen LogP contribution is 2.17. The maximum absolute atomic E-state index is 12.6. The Hall–Kier alpha value is -8.43. The summed E-state index contributed by atoms with van der Waals surface area (Å²) in [5.41, 5.74) is 10.6. The van der Waals surface area contributed by atoms with E-state index in [-0.39, 0.29) is 79.8 Å². The molecule has 8 amide bonds. The molecule has 0 radical (unpaired) electrons. The first-order chi connectivity index (χ1) is 45.5. The van der Waals surface area contributed by atoms with Gasteiger partial charge in [0.1, 0.15) is 23.4 Å². The number of aliphatic hydroxyl groups is 4. The van der Waals surface area contributed by atoms with Gasteiger partial charge < -0.3 is 75.7 Å². The Morgan fingerprint density at radius 3 is 0.896 bits per heavy atom. The van der Waals surface area contributed by atoms with E-state index in [0.29, 0.717) is 137 Å². The summed E-state index contributed by atoms with van der Waals surface area (Å²) in [4.78, 5) is 142. The number of benzene rings is 3. The Labute approximate surface area is 563 Å². The molecule has 3 saturated heterocycles. The number of nitrogens with two attached hydrogens (primary N) is 1. The lowest BCUT2D eigenvalue weighted by molar-refractivity contribution is -0.140. The Kier molecular flexibility index (Phi) is 34.0. The molecule has 26 nitrogen and oxygen atoms in total. The van der Waals surface area contributed by atoms with Gasteiger partial charge in [0.2, 0.25) is 35.4 Å². The van der Waals surface area contributed by atoms with E-state index in [1.165, 1.54) is 6.08 Å². The van der Waals surface area contributed by atoms with E-state index in [1.54, 1.807) is 50.2 Å². The second-order valence-electron chi connectivity index (χ2n) is 25.6. The van der Waals surface area contributed by atoms with Gasteiger partial charge in [-0.3, -0.25) is 43.2 Å². The van der Waals surface area contributed by atoms with Crippen molar-refractivity contribution in [2.75, 3.05) is 91.8 Å². The maximum atomic E-state index is 12.6. The van der Waals surface area contributed by atoms with Gasteiger partial charge in [0, 0.05) is 156 Å². The van der Waals surface area contributed by atoms with Crippen molar-refractivity contribution in [3.8, 4) is 0 Å². The summed E-state index contributed by atoms with van der Waals surface area (Å²) in [5, 5.41) is 41.5. The third-order valence-electron chi connectivity index (χ3n) is 15.9. The summed E-state index contributed by atoms with van der Waals surface area (Å²) >= 11 is 0. The number of piperazine rings is 3. The second kappa shape index (κ2) is 40.8. The van der Waals surface area contributed by atoms with E-state index >= 15 is 0 Å². The van der Waals surface area contributed by atoms with E-state index in [0.717, 1.165) is 33.4 Å². The van der Waals surface area contributed by atoms with Crippen molar-refractivity contribution in [1.82, 2.24) is 40.0 Å². The van der Waals surface area contributed by atoms with Crippen LogP contribution in [-0.4, -0.2) is 230 Å². The number of allylic oxidation sites excluding steroid dienone is 1. The maximum Gasteiger partial charge on any atom is 0.407 e. The number of carbonyl (C=O) groups excluding carboxylic acids is 11. The SMILES string of the molecule is C=CC(=O)CCC(=O)N1CCN(C(=O)CCc2ccc(CNC(=O)OC(C)(C)C)cc2)CC1.CC(C)(C)OC(=O)NCc1ccc(CCC(=O)N2CCN(C(=O)CCC(=O)C(O)CO)CC2)cc1.NCc1ccc(CCC(=O)N2CCN(C(=O)CCC(=O)C(O)CO)CC2)cc1. The van der Waals surface area contributed by atoms with E-state index in [1.807, 2.05) is 93.6 Å². The number of aryl methyl sites for hydroxylation is 3. The highest BCUT2D eigenvalue weighted by Gasteiger charge is 2.29. The van der Waals surface area contributed by atoms with E-state index in [4.69, 9.17) is 25.4 Å². The molecule has 3 aromatic carbocycles. The summed E-state index contributed by atoms with van der Waals surface area (Å²) in [7, 11) is 0. The van der Waals surface area contributed by atoms with Crippen LogP contribution in [0, 0.1) is 0 Å². The molecule has 96 heavy (non-hydrogen) atoms. The zero-order valence-corrected chi connectivity index (χ0v) is 56.7. The van der Waals surface area contributed by atoms with Gasteiger partial charge in [0.25, 0.3) is 0 Å². The van der Waals surface area contributed by atoms with Crippen LogP contribution in [0.4, 0.5) is 9.59 Å². The number of amides is 8. The highest BCUT2D eigenvalue weighted by atomic mass is 16.6. The van der Waals surface area contributed by atoms with E-state index < -0.39 is 60.4 Å². The lowest BCUT2D eigenvalue weighted by Crippen LogP contribution is -2.50. The smallest absolute Gasteiger partial charge is 0.407 e. The van der Waals surface area contributed by atoms with Crippen LogP contribution in [0.25, 0.3) is 0 Å². The second-order valence-corrected chi connectivity index (χ2v) is 25.6. The van der Waals surface area contributed by atoms with Gasteiger partial charge in [-0.25, -0.2) is 9.59 Å². The van der Waals surface area contributed by atoms with Gasteiger partial charge in [-0.2, -0.15) is 0 Å². The predicted molar refractivity (Wildman–Crippen MR) is 357 cm³/mol. The van der Waals surface area contributed by atoms with Crippen LogP contribution < -0.4 is 16.4 Å². The molecule has 0 aromatic heterocycles. The summed E-state index contributed by atoms with van der Waals surface area (Å²) in [6.45, 7) is 19.7. The molecule has 3 aliphatic heterocycles. The molecule has 8 N–H and O–H groups in total. The molecule has 0 bridgehead atoms.